The lowest BCUT2D eigenvalue weighted by atomic mass is 9.95. The number of hydrogen-bond donors (Lipinski definition) is 1. The fourth-order valence-electron chi connectivity index (χ4n) is 5.17. The maximum absolute atomic E-state index is 14.1. The molecule has 0 radical (unpaired) electrons. The minimum Gasteiger partial charge on any atom is -0.353 e. The third kappa shape index (κ3) is 5.71. The molecule has 32 heavy (non-hydrogen) atoms. The van der Waals surface area contributed by atoms with Gasteiger partial charge in [-0.25, -0.2) is 14.4 Å². The summed E-state index contributed by atoms with van der Waals surface area (Å²) in [7, 11) is 0. The van der Waals surface area contributed by atoms with E-state index in [1.54, 1.807) is 6.07 Å². The highest BCUT2D eigenvalue weighted by Crippen LogP contribution is 2.27. The maximum atomic E-state index is 14.1. The van der Waals surface area contributed by atoms with E-state index < -0.39 is 0 Å². The second-order valence-corrected chi connectivity index (χ2v) is 9.48. The van der Waals surface area contributed by atoms with Crippen LogP contribution in [0, 0.1) is 19.7 Å². The monoisotopic (exact) mass is 438 g/mol. The first kappa shape index (κ1) is 22.8. The molecule has 1 saturated heterocycles. The van der Waals surface area contributed by atoms with Crippen LogP contribution < -0.4 is 5.32 Å². The highest BCUT2D eigenvalue weighted by atomic mass is 19.1. The van der Waals surface area contributed by atoms with Gasteiger partial charge in [0.25, 0.3) is 0 Å². The number of aryl methyl sites for hydroxylation is 2. The molecule has 1 amide bonds. The van der Waals surface area contributed by atoms with Crippen molar-refractivity contribution in [2.75, 3.05) is 13.1 Å². The molecule has 0 spiro atoms. The summed E-state index contributed by atoms with van der Waals surface area (Å²) < 4.78 is 14.1. The molecule has 0 unspecified atom stereocenters. The zero-order chi connectivity index (χ0) is 22.5. The number of halogens is 1. The Morgan fingerprint density at radius 3 is 2.50 bits per heavy atom. The number of carbonyl (C=O) groups is 1. The molecule has 5 nitrogen and oxygen atoms in total. The second kappa shape index (κ2) is 10.5. The first-order valence-corrected chi connectivity index (χ1v) is 12.1. The first-order chi connectivity index (χ1) is 15.5. The Morgan fingerprint density at radius 2 is 1.78 bits per heavy atom. The lowest BCUT2D eigenvalue weighted by Gasteiger charge is -2.32. The van der Waals surface area contributed by atoms with Gasteiger partial charge in [-0.2, -0.15) is 0 Å². The fraction of sp³-hybridized carbons (Fsp3) is 0.577. The van der Waals surface area contributed by atoms with Crippen LogP contribution in [0.5, 0.6) is 0 Å². The van der Waals surface area contributed by atoms with Crippen molar-refractivity contribution < 1.29 is 9.18 Å². The summed E-state index contributed by atoms with van der Waals surface area (Å²) in [6, 6.07) is 7.32. The van der Waals surface area contributed by atoms with Gasteiger partial charge in [-0.15, -0.1) is 0 Å². The van der Waals surface area contributed by atoms with Crippen LogP contribution in [0.3, 0.4) is 0 Å². The molecule has 2 heterocycles. The summed E-state index contributed by atoms with van der Waals surface area (Å²) in [5.74, 6) is 1.02. The summed E-state index contributed by atoms with van der Waals surface area (Å²) >= 11 is 0. The molecule has 1 aliphatic heterocycles. The van der Waals surface area contributed by atoms with Crippen LogP contribution in [0.25, 0.3) is 0 Å². The molecule has 2 fully saturated rings. The van der Waals surface area contributed by atoms with Crippen LogP contribution in [0.4, 0.5) is 4.39 Å². The number of carbonyl (C=O) groups excluding carboxylic acids is 1. The standard InChI is InChI=1S/C26H35FN4O/c1-18-23(15-25(32)30-22-11-4-3-5-12-22)19(2)29-26(28-18)21-10-8-14-31(17-21)16-20-9-6-7-13-24(20)27/h6-7,9,13,21-22H,3-5,8,10-12,14-17H2,1-2H3,(H,30,32)/t21-/m0/s1. The number of nitrogens with one attached hydrogen (secondary N) is 1. The minimum atomic E-state index is -0.145. The molecular weight excluding hydrogens is 403 g/mol. The van der Waals surface area contributed by atoms with Crippen molar-refractivity contribution in [2.45, 2.75) is 83.7 Å². The van der Waals surface area contributed by atoms with E-state index >= 15 is 0 Å². The number of piperidine rings is 1. The molecule has 0 bridgehead atoms. The van der Waals surface area contributed by atoms with Gasteiger partial charge in [-0.1, -0.05) is 37.5 Å². The van der Waals surface area contributed by atoms with Crippen molar-refractivity contribution in [1.29, 1.82) is 0 Å². The Labute approximate surface area is 190 Å². The van der Waals surface area contributed by atoms with Crippen molar-refractivity contribution in [2.24, 2.45) is 0 Å². The van der Waals surface area contributed by atoms with E-state index in [-0.39, 0.29) is 17.6 Å². The van der Waals surface area contributed by atoms with Gasteiger partial charge in [-0.05, 0) is 52.1 Å². The molecule has 1 aromatic heterocycles. The third-order valence-corrected chi connectivity index (χ3v) is 6.97. The van der Waals surface area contributed by atoms with E-state index in [1.165, 1.54) is 25.3 Å². The van der Waals surface area contributed by atoms with E-state index in [0.29, 0.717) is 19.0 Å². The molecule has 1 aliphatic carbocycles. The SMILES string of the molecule is Cc1nc([C@H]2CCCN(Cc3ccccc3F)C2)nc(C)c1CC(=O)NC1CCCCC1. The van der Waals surface area contributed by atoms with Gasteiger partial charge >= 0.3 is 0 Å². The van der Waals surface area contributed by atoms with Crippen molar-refractivity contribution in [1.82, 2.24) is 20.2 Å². The lowest BCUT2D eigenvalue weighted by Crippen LogP contribution is -2.37. The Morgan fingerprint density at radius 1 is 1.06 bits per heavy atom. The topological polar surface area (TPSA) is 58.1 Å². The van der Waals surface area contributed by atoms with E-state index in [9.17, 15) is 9.18 Å². The fourth-order valence-corrected chi connectivity index (χ4v) is 5.17. The molecular formula is C26H35FN4O. The molecule has 1 atom stereocenters. The Hall–Kier alpha value is -2.34. The molecule has 1 saturated carbocycles. The maximum Gasteiger partial charge on any atom is 0.224 e. The van der Waals surface area contributed by atoms with E-state index in [2.05, 4.69) is 10.2 Å². The quantitative estimate of drug-likeness (QED) is 0.716. The first-order valence-electron chi connectivity index (χ1n) is 12.1. The number of nitrogens with zero attached hydrogens (tertiary/aromatic N) is 3. The largest absolute Gasteiger partial charge is 0.353 e. The number of benzene rings is 1. The Bertz CT molecular complexity index is 918. The van der Waals surface area contributed by atoms with Gasteiger partial charge in [0, 0.05) is 47.6 Å². The number of aromatic nitrogens is 2. The van der Waals surface area contributed by atoms with Gasteiger partial charge in [0.2, 0.25) is 5.91 Å². The average molecular weight is 439 g/mol. The van der Waals surface area contributed by atoms with Gasteiger partial charge in [0.1, 0.15) is 11.6 Å². The molecule has 1 aromatic carbocycles. The molecule has 2 aromatic rings. The highest BCUT2D eigenvalue weighted by Gasteiger charge is 2.26. The second-order valence-electron chi connectivity index (χ2n) is 9.48. The van der Waals surface area contributed by atoms with Crippen LogP contribution in [0.15, 0.2) is 24.3 Å². The number of likely N-dealkylation sites (tertiary alicyclic amines) is 1. The third-order valence-electron chi connectivity index (χ3n) is 6.97. The van der Waals surface area contributed by atoms with E-state index in [0.717, 1.165) is 67.1 Å². The van der Waals surface area contributed by atoms with Crippen LogP contribution in [0.2, 0.25) is 0 Å². The van der Waals surface area contributed by atoms with Crippen molar-refractivity contribution in [3.05, 3.63) is 58.4 Å². The van der Waals surface area contributed by atoms with Crippen LogP contribution in [0.1, 0.15) is 79.2 Å². The molecule has 6 heteroatoms. The van der Waals surface area contributed by atoms with Crippen LogP contribution >= 0.6 is 0 Å². The zero-order valence-corrected chi connectivity index (χ0v) is 19.4. The number of rotatable bonds is 6. The summed E-state index contributed by atoms with van der Waals surface area (Å²) in [4.78, 5) is 24.6. The van der Waals surface area contributed by atoms with Gasteiger partial charge in [0.15, 0.2) is 0 Å². The predicted octanol–water partition coefficient (Wildman–Crippen LogP) is 4.60. The number of amides is 1. The molecule has 2 aliphatic rings. The van der Waals surface area contributed by atoms with Crippen LogP contribution in [-0.2, 0) is 17.8 Å². The molecule has 1 N–H and O–H groups in total. The highest BCUT2D eigenvalue weighted by molar-refractivity contribution is 5.79. The Kier molecular flexibility index (Phi) is 7.51. The summed E-state index contributed by atoms with van der Waals surface area (Å²) in [5.41, 5.74) is 3.48. The normalized spacial score (nSPS) is 20.3. The van der Waals surface area contributed by atoms with Crippen molar-refractivity contribution in [3.63, 3.8) is 0 Å². The van der Waals surface area contributed by atoms with Gasteiger partial charge < -0.3 is 5.32 Å². The van der Waals surface area contributed by atoms with E-state index in [1.807, 2.05) is 26.0 Å². The van der Waals surface area contributed by atoms with Gasteiger partial charge in [0.05, 0.1) is 6.42 Å². The number of hydrogen-bond acceptors (Lipinski definition) is 4. The van der Waals surface area contributed by atoms with Gasteiger partial charge in [-0.3, -0.25) is 9.69 Å². The predicted molar refractivity (Wildman–Crippen MR) is 124 cm³/mol. The van der Waals surface area contributed by atoms with Crippen LogP contribution in [-0.4, -0.2) is 39.9 Å². The minimum absolute atomic E-state index is 0.0770. The summed E-state index contributed by atoms with van der Waals surface area (Å²) in [6.45, 7) is 6.38. The lowest BCUT2D eigenvalue weighted by molar-refractivity contribution is -0.121. The van der Waals surface area contributed by atoms with Crippen molar-refractivity contribution in [3.8, 4) is 0 Å². The summed E-state index contributed by atoms with van der Waals surface area (Å²) in [6.07, 6.45) is 8.29. The molecule has 4 rings (SSSR count). The zero-order valence-electron chi connectivity index (χ0n) is 19.4. The smallest absolute Gasteiger partial charge is 0.224 e. The van der Waals surface area contributed by atoms with Crippen molar-refractivity contribution >= 4 is 5.91 Å². The van der Waals surface area contributed by atoms with E-state index in [4.69, 9.17) is 9.97 Å². The molecule has 172 valence electrons. The summed E-state index contributed by atoms with van der Waals surface area (Å²) in [5, 5.41) is 3.20. The average Bonchev–Trinajstić information content (AvgIpc) is 2.78. The Balaban J connectivity index is 1.40.